The summed E-state index contributed by atoms with van der Waals surface area (Å²) in [4.78, 5) is 30.5. The predicted octanol–water partition coefficient (Wildman–Crippen LogP) is 2.75. The lowest BCUT2D eigenvalue weighted by Crippen LogP contribution is -2.47. The molecule has 2 saturated heterocycles. The number of rotatable bonds is 9. The Balaban J connectivity index is 1.34. The van der Waals surface area contributed by atoms with Crippen molar-refractivity contribution in [2.75, 3.05) is 20.2 Å². The Labute approximate surface area is 188 Å². The number of aromatic nitrogens is 1. The summed E-state index contributed by atoms with van der Waals surface area (Å²) in [7, 11) is 1.53. The Morgan fingerprint density at radius 1 is 1.38 bits per heavy atom. The number of nitrogens with one attached hydrogen (secondary N) is 2. The number of dihydropyridines is 1. The van der Waals surface area contributed by atoms with Gasteiger partial charge in [-0.3, -0.25) is 14.9 Å². The molecular formula is C24H32N4O4. The summed E-state index contributed by atoms with van der Waals surface area (Å²) in [6, 6.07) is 2.99. The minimum absolute atomic E-state index is 0.0498. The first-order valence-corrected chi connectivity index (χ1v) is 11.5. The first-order valence-electron chi connectivity index (χ1n) is 11.5. The summed E-state index contributed by atoms with van der Waals surface area (Å²) in [5.41, 5.74) is 3.35. The van der Waals surface area contributed by atoms with Gasteiger partial charge in [-0.15, -0.1) is 0 Å². The van der Waals surface area contributed by atoms with Crippen LogP contribution in [0.1, 0.15) is 56.6 Å². The normalized spacial score (nSPS) is 23.7. The van der Waals surface area contributed by atoms with Crippen LogP contribution in [0.4, 0.5) is 0 Å². The molecule has 3 N–H and O–H groups in total. The van der Waals surface area contributed by atoms with E-state index in [-0.39, 0.29) is 24.4 Å². The van der Waals surface area contributed by atoms with Crippen molar-refractivity contribution in [1.82, 2.24) is 20.5 Å². The van der Waals surface area contributed by atoms with E-state index in [9.17, 15) is 14.7 Å². The van der Waals surface area contributed by atoms with Crippen molar-refractivity contribution in [3.05, 3.63) is 47.3 Å². The van der Waals surface area contributed by atoms with Gasteiger partial charge < -0.3 is 20.1 Å². The lowest BCUT2D eigenvalue weighted by atomic mass is 9.96. The topological polar surface area (TPSA) is 104 Å². The average molecular weight is 441 g/mol. The van der Waals surface area contributed by atoms with Gasteiger partial charge in [-0.25, -0.2) is 4.98 Å². The SMILES string of the molecule is COc1ccc([C@H](CC(=O)O)N2CCC(CCCC3=CC=C4CCCNC4N3)C2=O)cn1. The van der Waals surface area contributed by atoms with Crippen LogP contribution in [0.2, 0.25) is 0 Å². The number of hydrogen-bond acceptors (Lipinski definition) is 6. The number of carbonyl (C=O) groups excluding carboxylic acids is 1. The molecule has 3 atom stereocenters. The number of amides is 1. The summed E-state index contributed by atoms with van der Waals surface area (Å²) in [6.45, 7) is 1.61. The molecule has 0 bridgehead atoms. The van der Waals surface area contributed by atoms with Gasteiger partial charge in [0.15, 0.2) is 0 Å². The second-order valence-corrected chi connectivity index (χ2v) is 8.73. The van der Waals surface area contributed by atoms with E-state index < -0.39 is 12.0 Å². The molecular weight excluding hydrogens is 408 g/mol. The second kappa shape index (κ2) is 10.2. The Hall–Kier alpha value is -2.87. The maximum atomic E-state index is 13.1. The monoisotopic (exact) mass is 440 g/mol. The Morgan fingerprint density at radius 3 is 3.00 bits per heavy atom. The molecule has 3 aliphatic rings. The number of methoxy groups -OCH3 is 1. The summed E-state index contributed by atoms with van der Waals surface area (Å²) in [6.07, 6.45) is 11.8. The van der Waals surface area contributed by atoms with E-state index in [4.69, 9.17) is 4.74 Å². The van der Waals surface area contributed by atoms with Gasteiger partial charge >= 0.3 is 5.97 Å². The standard InChI is InChI=1S/C24H32N4O4/c1-32-21-10-8-18(15-26-21)20(14-22(29)30)28-13-11-17(24(28)31)4-2-6-19-9-7-16-5-3-12-25-23(16)27-19/h7-10,15,17,20,23,25,27H,2-6,11-14H2,1H3,(H,29,30)/t17?,20-,23?/m0/s1. The van der Waals surface area contributed by atoms with Crippen LogP contribution in [0.5, 0.6) is 5.88 Å². The molecule has 0 aliphatic carbocycles. The molecule has 2 unspecified atom stereocenters. The quantitative estimate of drug-likeness (QED) is 0.542. The lowest BCUT2D eigenvalue weighted by molar-refractivity contribution is -0.140. The van der Waals surface area contributed by atoms with Gasteiger partial charge in [-0.2, -0.15) is 0 Å². The summed E-state index contributed by atoms with van der Waals surface area (Å²) in [5, 5.41) is 16.5. The fourth-order valence-corrected chi connectivity index (χ4v) is 4.90. The maximum absolute atomic E-state index is 13.1. The first-order chi connectivity index (χ1) is 15.5. The van der Waals surface area contributed by atoms with E-state index in [0.717, 1.165) is 44.2 Å². The summed E-state index contributed by atoms with van der Waals surface area (Å²) in [5.74, 6) is -0.472. The van der Waals surface area contributed by atoms with Crippen LogP contribution in [-0.4, -0.2) is 53.2 Å². The van der Waals surface area contributed by atoms with Crippen LogP contribution in [0.3, 0.4) is 0 Å². The number of aliphatic carboxylic acids is 1. The van der Waals surface area contributed by atoms with Crippen LogP contribution in [0.25, 0.3) is 0 Å². The molecule has 1 aromatic rings. The van der Waals surface area contributed by atoms with Crippen LogP contribution in [-0.2, 0) is 9.59 Å². The number of pyridine rings is 1. The zero-order chi connectivity index (χ0) is 22.5. The van der Waals surface area contributed by atoms with Gasteiger partial charge in [-0.05, 0) is 62.3 Å². The molecule has 4 rings (SSSR count). The highest BCUT2D eigenvalue weighted by molar-refractivity contribution is 5.82. The zero-order valence-corrected chi connectivity index (χ0v) is 18.5. The molecule has 32 heavy (non-hydrogen) atoms. The van der Waals surface area contributed by atoms with Crippen LogP contribution in [0.15, 0.2) is 41.8 Å². The molecule has 8 nitrogen and oxygen atoms in total. The van der Waals surface area contributed by atoms with Crippen molar-refractivity contribution in [2.24, 2.45) is 5.92 Å². The number of fused-ring (bicyclic) bond motifs is 1. The molecule has 0 aromatic carbocycles. The molecule has 0 saturated carbocycles. The predicted molar refractivity (Wildman–Crippen MR) is 120 cm³/mol. The van der Waals surface area contributed by atoms with Crippen molar-refractivity contribution in [2.45, 2.75) is 57.2 Å². The van der Waals surface area contributed by atoms with Crippen molar-refractivity contribution in [3.63, 3.8) is 0 Å². The number of carboxylic acids is 1. The molecule has 1 amide bonds. The van der Waals surface area contributed by atoms with Gasteiger partial charge in [0.2, 0.25) is 11.8 Å². The van der Waals surface area contributed by atoms with E-state index >= 15 is 0 Å². The number of allylic oxidation sites excluding steroid dienone is 3. The Bertz CT molecular complexity index is 896. The molecule has 1 aromatic heterocycles. The van der Waals surface area contributed by atoms with Gasteiger partial charge in [-0.1, -0.05) is 12.1 Å². The minimum Gasteiger partial charge on any atom is -0.481 e. The number of hydrogen-bond donors (Lipinski definition) is 3. The largest absolute Gasteiger partial charge is 0.481 e. The number of ether oxygens (including phenoxy) is 1. The third-order valence-corrected chi connectivity index (χ3v) is 6.64. The van der Waals surface area contributed by atoms with E-state index in [0.29, 0.717) is 12.4 Å². The minimum atomic E-state index is -0.930. The second-order valence-electron chi connectivity index (χ2n) is 8.73. The number of carbonyl (C=O) groups is 2. The van der Waals surface area contributed by atoms with Crippen molar-refractivity contribution in [1.29, 1.82) is 0 Å². The molecule has 2 fully saturated rings. The average Bonchev–Trinajstić information content (AvgIpc) is 3.17. The van der Waals surface area contributed by atoms with Gasteiger partial charge in [0.25, 0.3) is 0 Å². The highest BCUT2D eigenvalue weighted by Crippen LogP contribution is 2.34. The van der Waals surface area contributed by atoms with Crippen molar-refractivity contribution >= 4 is 11.9 Å². The highest BCUT2D eigenvalue weighted by Gasteiger charge is 2.37. The number of likely N-dealkylation sites (tertiary alicyclic amines) is 1. The van der Waals surface area contributed by atoms with E-state index in [2.05, 4.69) is 27.8 Å². The first kappa shape index (κ1) is 22.3. The van der Waals surface area contributed by atoms with Gasteiger partial charge in [0.05, 0.1) is 25.7 Å². The highest BCUT2D eigenvalue weighted by atomic mass is 16.5. The molecule has 0 radical (unpaired) electrons. The van der Waals surface area contributed by atoms with Crippen molar-refractivity contribution in [3.8, 4) is 5.88 Å². The summed E-state index contributed by atoms with van der Waals surface area (Å²) >= 11 is 0. The fraction of sp³-hybridized carbons (Fsp3) is 0.542. The van der Waals surface area contributed by atoms with Crippen LogP contribution < -0.4 is 15.4 Å². The summed E-state index contributed by atoms with van der Waals surface area (Å²) < 4.78 is 5.09. The fourth-order valence-electron chi connectivity index (χ4n) is 4.90. The number of carboxylic acid groups (broad SMARTS) is 1. The molecule has 0 spiro atoms. The number of nitrogens with zero attached hydrogens (tertiary/aromatic N) is 2. The molecule has 8 heteroatoms. The smallest absolute Gasteiger partial charge is 0.305 e. The Morgan fingerprint density at radius 2 is 2.25 bits per heavy atom. The zero-order valence-electron chi connectivity index (χ0n) is 18.5. The Kier molecular flexibility index (Phi) is 7.09. The molecule has 172 valence electrons. The van der Waals surface area contributed by atoms with E-state index in [1.165, 1.54) is 24.8 Å². The lowest BCUT2D eigenvalue weighted by Gasteiger charge is -2.32. The third-order valence-electron chi connectivity index (χ3n) is 6.64. The maximum Gasteiger partial charge on any atom is 0.305 e. The molecule has 3 aliphatic heterocycles. The van der Waals surface area contributed by atoms with Crippen LogP contribution >= 0.6 is 0 Å². The van der Waals surface area contributed by atoms with Crippen LogP contribution in [0, 0.1) is 5.92 Å². The number of piperidine rings is 1. The van der Waals surface area contributed by atoms with E-state index in [1.807, 2.05) is 0 Å². The van der Waals surface area contributed by atoms with Gasteiger partial charge in [0, 0.05) is 30.4 Å². The molecule has 4 heterocycles. The van der Waals surface area contributed by atoms with Gasteiger partial charge in [0.1, 0.15) is 0 Å². The van der Waals surface area contributed by atoms with E-state index in [1.54, 1.807) is 23.2 Å². The van der Waals surface area contributed by atoms with Crippen molar-refractivity contribution < 1.29 is 19.4 Å². The third kappa shape index (κ3) is 5.12.